The first kappa shape index (κ1) is 15.4. The van der Waals surface area contributed by atoms with Crippen LogP contribution in [0.4, 0.5) is 5.82 Å². The third kappa shape index (κ3) is 3.38. The van der Waals surface area contributed by atoms with Gasteiger partial charge >= 0.3 is 0 Å². The number of aromatic nitrogens is 3. The molecule has 7 heteroatoms. The van der Waals surface area contributed by atoms with Gasteiger partial charge in [0.1, 0.15) is 5.82 Å². The molecule has 0 aromatic carbocycles. The Morgan fingerprint density at radius 1 is 1.21 bits per heavy atom. The molecule has 1 atom stereocenters. The van der Waals surface area contributed by atoms with Crippen LogP contribution >= 0.6 is 0 Å². The minimum atomic E-state index is 0.0652. The number of rotatable bonds is 4. The average molecular weight is 327 g/mol. The van der Waals surface area contributed by atoms with E-state index in [1.54, 1.807) is 12.4 Å². The summed E-state index contributed by atoms with van der Waals surface area (Å²) in [5, 5.41) is 6.83. The van der Waals surface area contributed by atoms with Crippen LogP contribution in [0.25, 0.3) is 11.4 Å². The lowest BCUT2D eigenvalue weighted by Crippen LogP contribution is -2.35. The van der Waals surface area contributed by atoms with Gasteiger partial charge in [0.25, 0.3) is 0 Å². The number of nitrogens with one attached hydrogen (secondary N) is 2. The van der Waals surface area contributed by atoms with Gasteiger partial charge in [0.15, 0.2) is 5.82 Å². The molecule has 2 N–H and O–H groups in total. The number of hydrogen-bond donors (Lipinski definition) is 2. The van der Waals surface area contributed by atoms with Crippen molar-refractivity contribution in [2.45, 2.75) is 19.1 Å². The monoisotopic (exact) mass is 327 g/mol. The first-order valence-electron chi connectivity index (χ1n) is 8.34. The average Bonchev–Trinajstić information content (AvgIpc) is 2.67. The minimum absolute atomic E-state index is 0.0652. The zero-order valence-electron chi connectivity index (χ0n) is 13.5. The summed E-state index contributed by atoms with van der Waals surface area (Å²) in [4.78, 5) is 13.6. The largest absolute Gasteiger partial charge is 0.376 e. The van der Waals surface area contributed by atoms with Crippen LogP contribution in [0.2, 0.25) is 0 Å². The summed E-state index contributed by atoms with van der Waals surface area (Å²) in [6.45, 7) is 4.36. The van der Waals surface area contributed by atoms with E-state index in [9.17, 15) is 0 Å². The Morgan fingerprint density at radius 3 is 2.96 bits per heavy atom. The fourth-order valence-corrected chi connectivity index (χ4v) is 3.00. The molecule has 2 aromatic rings. The van der Waals surface area contributed by atoms with Crippen molar-refractivity contribution >= 4 is 5.82 Å². The molecule has 1 saturated heterocycles. The third-order valence-corrected chi connectivity index (χ3v) is 4.26. The van der Waals surface area contributed by atoms with Gasteiger partial charge < -0.3 is 20.1 Å². The van der Waals surface area contributed by atoms with Gasteiger partial charge in [-0.2, -0.15) is 0 Å². The predicted octanol–water partition coefficient (Wildman–Crippen LogP) is 1.01. The second-order valence-electron chi connectivity index (χ2n) is 5.93. The zero-order chi connectivity index (χ0) is 16.2. The van der Waals surface area contributed by atoms with Crippen molar-refractivity contribution in [1.82, 2.24) is 20.3 Å². The molecule has 4 heterocycles. The first-order valence-corrected chi connectivity index (χ1v) is 8.34. The molecule has 0 saturated carbocycles. The summed E-state index contributed by atoms with van der Waals surface area (Å²) in [6.07, 6.45) is 4.51. The highest BCUT2D eigenvalue weighted by molar-refractivity contribution is 5.59. The molecule has 4 rings (SSSR count). The zero-order valence-corrected chi connectivity index (χ0v) is 13.5. The van der Waals surface area contributed by atoms with Gasteiger partial charge in [-0.1, -0.05) is 0 Å². The lowest BCUT2D eigenvalue weighted by atomic mass is 10.1. The Bertz CT molecular complexity index is 689. The lowest BCUT2D eigenvalue weighted by Gasteiger charge is -2.25. The minimum Gasteiger partial charge on any atom is -0.376 e. The van der Waals surface area contributed by atoms with E-state index in [-0.39, 0.29) is 6.10 Å². The van der Waals surface area contributed by atoms with Crippen molar-refractivity contribution in [2.24, 2.45) is 0 Å². The Hall–Kier alpha value is -2.09. The van der Waals surface area contributed by atoms with E-state index in [0.29, 0.717) is 26.4 Å². The summed E-state index contributed by atoms with van der Waals surface area (Å²) in [5.74, 6) is 1.63. The third-order valence-electron chi connectivity index (χ3n) is 4.26. The fourth-order valence-electron chi connectivity index (χ4n) is 3.00. The maximum Gasteiger partial charge on any atom is 0.161 e. The number of anilines is 1. The van der Waals surface area contributed by atoms with Gasteiger partial charge in [-0.25, -0.2) is 9.97 Å². The normalized spacial score (nSPS) is 20.4. The molecule has 0 amide bonds. The summed E-state index contributed by atoms with van der Waals surface area (Å²) >= 11 is 0. The Morgan fingerprint density at radius 2 is 2.12 bits per heavy atom. The van der Waals surface area contributed by atoms with Crippen LogP contribution in [0.1, 0.15) is 11.3 Å². The molecule has 2 aliphatic heterocycles. The van der Waals surface area contributed by atoms with Crippen molar-refractivity contribution < 1.29 is 9.47 Å². The topological polar surface area (TPSA) is 81.2 Å². The number of fused-ring (bicyclic) bond motifs is 1. The van der Waals surface area contributed by atoms with E-state index < -0.39 is 0 Å². The van der Waals surface area contributed by atoms with Crippen molar-refractivity contribution in [3.63, 3.8) is 0 Å². The van der Waals surface area contributed by atoms with Crippen molar-refractivity contribution in [1.29, 1.82) is 0 Å². The molecular weight excluding hydrogens is 306 g/mol. The van der Waals surface area contributed by atoms with Crippen molar-refractivity contribution in [3.05, 3.63) is 35.8 Å². The highest BCUT2D eigenvalue weighted by Crippen LogP contribution is 2.24. The maximum atomic E-state index is 5.71. The highest BCUT2D eigenvalue weighted by Gasteiger charge is 2.20. The van der Waals surface area contributed by atoms with E-state index >= 15 is 0 Å². The summed E-state index contributed by atoms with van der Waals surface area (Å²) in [5.41, 5.74) is 3.23. The van der Waals surface area contributed by atoms with Gasteiger partial charge in [-0.15, -0.1) is 0 Å². The van der Waals surface area contributed by atoms with E-state index in [1.165, 1.54) is 5.56 Å². The molecule has 126 valence electrons. The first-order chi connectivity index (χ1) is 11.9. The lowest BCUT2D eigenvalue weighted by molar-refractivity contribution is -0.0819. The van der Waals surface area contributed by atoms with Crippen molar-refractivity contribution in [2.75, 3.05) is 38.2 Å². The van der Waals surface area contributed by atoms with Gasteiger partial charge in [0.2, 0.25) is 0 Å². The van der Waals surface area contributed by atoms with Gasteiger partial charge in [-0.05, 0) is 25.1 Å². The molecule has 2 aromatic heterocycles. The predicted molar refractivity (Wildman–Crippen MR) is 89.7 cm³/mol. The summed E-state index contributed by atoms with van der Waals surface area (Å²) < 4.78 is 11.2. The van der Waals surface area contributed by atoms with Crippen LogP contribution in [0.5, 0.6) is 0 Å². The molecule has 7 nitrogen and oxygen atoms in total. The summed E-state index contributed by atoms with van der Waals surface area (Å²) in [6, 6.07) is 3.86. The molecular formula is C17H21N5O2. The van der Waals surface area contributed by atoms with Gasteiger partial charge in [0.05, 0.1) is 31.6 Å². The molecule has 0 aliphatic carbocycles. The van der Waals surface area contributed by atoms with Crippen LogP contribution in [-0.4, -0.2) is 54.0 Å². The number of ether oxygens (including phenoxy) is 2. The molecule has 0 unspecified atom stereocenters. The quantitative estimate of drug-likeness (QED) is 0.867. The standard InChI is InChI=1S/C17H21N5O2/c1-4-18-5-2-12(1)16-21-15-10-19-6-3-14(15)17(22-16)20-9-13-11-23-7-8-24-13/h1-2,4-5,13,19H,3,6-11H2,(H,20,21,22)/t13-/m1/s1. The second-order valence-corrected chi connectivity index (χ2v) is 5.93. The number of pyridine rings is 1. The molecule has 24 heavy (non-hydrogen) atoms. The van der Waals surface area contributed by atoms with E-state index in [2.05, 4.69) is 15.6 Å². The van der Waals surface area contributed by atoms with Crippen LogP contribution in [0.3, 0.4) is 0 Å². The second kappa shape index (κ2) is 7.21. The fraction of sp³-hybridized carbons (Fsp3) is 0.471. The Kier molecular flexibility index (Phi) is 4.64. The molecule has 2 aliphatic rings. The van der Waals surface area contributed by atoms with E-state index in [4.69, 9.17) is 19.4 Å². The Balaban J connectivity index is 1.61. The van der Waals surface area contributed by atoms with Gasteiger partial charge in [0, 0.05) is 36.6 Å². The summed E-state index contributed by atoms with van der Waals surface area (Å²) in [7, 11) is 0. The molecule has 0 bridgehead atoms. The van der Waals surface area contributed by atoms with E-state index in [1.807, 2.05) is 12.1 Å². The number of hydrogen-bond acceptors (Lipinski definition) is 7. The molecule has 0 radical (unpaired) electrons. The van der Waals surface area contributed by atoms with Crippen LogP contribution in [0.15, 0.2) is 24.5 Å². The maximum absolute atomic E-state index is 5.71. The highest BCUT2D eigenvalue weighted by atomic mass is 16.6. The SMILES string of the molecule is c1cc(-c2nc3c(c(NC[C@@H]4COCCO4)n2)CCNC3)ccn1. The van der Waals surface area contributed by atoms with Crippen LogP contribution in [-0.2, 0) is 22.4 Å². The van der Waals surface area contributed by atoms with E-state index in [0.717, 1.165) is 42.4 Å². The Labute approximate surface area is 140 Å². The van der Waals surface area contributed by atoms with Crippen molar-refractivity contribution in [3.8, 4) is 11.4 Å². The molecule has 0 spiro atoms. The molecule has 1 fully saturated rings. The smallest absolute Gasteiger partial charge is 0.161 e. The van der Waals surface area contributed by atoms with Gasteiger partial charge in [-0.3, -0.25) is 4.98 Å². The van der Waals surface area contributed by atoms with Crippen LogP contribution in [0, 0.1) is 0 Å². The van der Waals surface area contributed by atoms with Crippen LogP contribution < -0.4 is 10.6 Å². The number of nitrogens with zero attached hydrogens (tertiary/aromatic N) is 3.